The molecule has 0 saturated carbocycles. The smallest absolute Gasteiger partial charge is 0.339 e. The van der Waals surface area contributed by atoms with Crippen LogP contribution in [-0.4, -0.2) is 24.0 Å². The molecule has 0 radical (unpaired) electrons. The fraction of sp³-hybridized carbons (Fsp3) is 0.333. The first-order chi connectivity index (χ1) is 12.2. The van der Waals surface area contributed by atoms with Gasteiger partial charge < -0.3 is 10.1 Å². The summed E-state index contributed by atoms with van der Waals surface area (Å²) in [4.78, 5) is 25.1. The molecular formula is C21H22ClNO3. The van der Waals surface area contributed by atoms with Gasteiger partial charge in [-0.3, -0.25) is 4.79 Å². The number of ether oxygens (including phenoxy) is 1. The van der Waals surface area contributed by atoms with Crippen LogP contribution >= 0.6 is 11.6 Å². The number of amides is 1. The molecule has 0 aromatic heterocycles. The lowest BCUT2D eigenvalue weighted by molar-refractivity contribution is -0.140. The van der Waals surface area contributed by atoms with Gasteiger partial charge in [-0.1, -0.05) is 55.8 Å². The molecule has 1 aliphatic rings. The third-order valence-corrected chi connectivity index (χ3v) is 5.10. The van der Waals surface area contributed by atoms with E-state index < -0.39 is 11.6 Å². The van der Waals surface area contributed by atoms with Crippen LogP contribution in [0.3, 0.4) is 0 Å². The minimum Gasteiger partial charge on any atom is -0.445 e. The van der Waals surface area contributed by atoms with Gasteiger partial charge in [0.2, 0.25) is 0 Å². The maximum absolute atomic E-state index is 12.8. The fourth-order valence-electron chi connectivity index (χ4n) is 3.16. The van der Waals surface area contributed by atoms with E-state index in [9.17, 15) is 9.59 Å². The first kappa shape index (κ1) is 18.5. The Balaban J connectivity index is 1.73. The standard InChI is InChI=1S/C21H22ClNO3/c1-20(2,15-8-6-9-16(22)11-15)13-23-19(25)21(3)12-14-7-4-5-10-17(14)18(24)26-21/h4-11H,12-13H2,1-3H3,(H,23,25). The van der Waals surface area contributed by atoms with Gasteiger partial charge in [0, 0.05) is 23.4 Å². The summed E-state index contributed by atoms with van der Waals surface area (Å²) in [5.74, 6) is -0.756. The molecule has 2 aromatic rings. The van der Waals surface area contributed by atoms with Gasteiger partial charge in [-0.05, 0) is 36.2 Å². The quantitative estimate of drug-likeness (QED) is 0.829. The van der Waals surface area contributed by atoms with Crippen LogP contribution in [0.2, 0.25) is 5.02 Å². The van der Waals surface area contributed by atoms with E-state index in [4.69, 9.17) is 16.3 Å². The van der Waals surface area contributed by atoms with E-state index in [1.165, 1.54) is 0 Å². The molecule has 26 heavy (non-hydrogen) atoms. The zero-order valence-electron chi connectivity index (χ0n) is 15.1. The molecule has 1 aliphatic heterocycles. The van der Waals surface area contributed by atoms with Crippen LogP contribution in [0.25, 0.3) is 0 Å². The lowest BCUT2D eigenvalue weighted by Gasteiger charge is -2.34. The predicted molar refractivity (Wildman–Crippen MR) is 101 cm³/mol. The Kier molecular flexibility index (Phi) is 4.80. The third-order valence-electron chi connectivity index (χ3n) is 4.86. The second-order valence-corrected chi connectivity index (χ2v) is 7.97. The molecule has 1 atom stereocenters. The molecule has 3 rings (SSSR count). The topological polar surface area (TPSA) is 55.4 Å². The number of nitrogens with one attached hydrogen (secondary N) is 1. The summed E-state index contributed by atoms with van der Waals surface area (Å²) in [5.41, 5.74) is 0.859. The van der Waals surface area contributed by atoms with Gasteiger partial charge in [-0.2, -0.15) is 0 Å². The van der Waals surface area contributed by atoms with Crippen LogP contribution in [0, 0.1) is 0 Å². The Labute approximate surface area is 158 Å². The highest BCUT2D eigenvalue weighted by atomic mass is 35.5. The molecule has 0 saturated heterocycles. The first-order valence-electron chi connectivity index (χ1n) is 8.57. The van der Waals surface area contributed by atoms with Gasteiger partial charge in [0.1, 0.15) is 0 Å². The summed E-state index contributed by atoms with van der Waals surface area (Å²) >= 11 is 6.08. The van der Waals surface area contributed by atoms with Gasteiger partial charge in [-0.25, -0.2) is 4.79 Å². The molecule has 5 heteroatoms. The number of halogens is 1. The number of fused-ring (bicyclic) bond motifs is 1. The van der Waals surface area contributed by atoms with Gasteiger partial charge in [0.05, 0.1) is 5.56 Å². The van der Waals surface area contributed by atoms with E-state index in [2.05, 4.69) is 5.32 Å². The number of esters is 1. The van der Waals surface area contributed by atoms with E-state index in [1.807, 2.05) is 50.2 Å². The molecule has 136 valence electrons. The van der Waals surface area contributed by atoms with Gasteiger partial charge in [-0.15, -0.1) is 0 Å². The zero-order valence-corrected chi connectivity index (χ0v) is 15.9. The highest BCUT2D eigenvalue weighted by molar-refractivity contribution is 6.30. The monoisotopic (exact) mass is 371 g/mol. The molecule has 1 unspecified atom stereocenters. The fourth-order valence-corrected chi connectivity index (χ4v) is 3.35. The largest absolute Gasteiger partial charge is 0.445 e. The van der Waals surface area contributed by atoms with Crippen LogP contribution in [0.15, 0.2) is 48.5 Å². The molecule has 1 heterocycles. The summed E-state index contributed by atoms with van der Waals surface area (Å²) in [5, 5.41) is 3.60. The predicted octanol–water partition coefficient (Wildman–Crippen LogP) is 3.91. The molecule has 4 nitrogen and oxygen atoms in total. The second kappa shape index (κ2) is 6.76. The van der Waals surface area contributed by atoms with Gasteiger partial charge in [0.25, 0.3) is 5.91 Å². The molecular weight excluding hydrogens is 350 g/mol. The van der Waals surface area contributed by atoms with Crippen molar-refractivity contribution in [1.29, 1.82) is 0 Å². The number of carbonyl (C=O) groups excluding carboxylic acids is 2. The van der Waals surface area contributed by atoms with Crippen molar-refractivity contribution in [2.75, 3.05) is 6.54 Å². The van der Waals surface area contributed by atoms with Crippen molar-refractivity contribution in [3.8, 4) is 0 Å². The summed E-state index contributed by atoms with van der Waals surface area (Å²) in [6, 6.07) is 14.8. The van der Waals surface area contributed by atoms with Crippen molar-refractivity contribution in [1.82, 2.24) is 5.32 Å². The molecule has 1 N–H and O–H groups in total. The van der Waals surface area contributed by atoms with Crippen molar-refractivity contribution in [2.24, 2.45) is 0 Å². The zero-order chi connectivity index (χ0) is 18.9. The van der Waals surface area contributed by atoms with Gasteiger partial charge in [0.15, 0.2) is 5.60 Å². The van der Waals surface area contributed by atoms with Crippen LogP contribution in [0.1, 0.15) is 42.3 Å². The second-order valence-electron chi connectivity index (χ2n) is 7.53. The summed E-state index contributed by atoms with van der Waals surface area (Å²) in [7, 11) is 0. The number of rotatable bonds is 4. The Bertz CT molecular complexity index is 862. The van der Waals surface area contributed by atoms with E-state index in [1.54, 1.807) is 19.1 Å². The normalized spacial score (nSPS) is 19.5. The number of hydrogen-bond donors (Lipinski definition) is 1. The molecule has 1 amide bonds. The van der Waals surface area contributed by atoms with Crippen molar-refractivity contribution in [3.05, 3.63) is 70.2 Å². The van der Waals surface area contributed by atoms with Crippen LogP contribution < -0.4 is 5.32 Å². The van der Waals surface area contributed by atoms with Crippen molar-refractivity contribution in [2.45, 2.75) is 38.2 Å². The molecule has 0 aliphatic carbocycles. The Morgan fingerprint density at radius 2 is 1.96 bits per heavy atom. The number of hydrogen-bond acceptors (Lipinski definition) is 3. The van der Waals surface area contributed by atoms with Crippen molar-refractivity contribution in [3.63, 3.8) is 0 Å². The van der Waals surface area contributed by atoms with E-state index in [-0.39, 0.29) is 11.3 Å². The summed E-state index contributed by atoms with van der Waals surface area (Å²) in [6.07, 6.45) is 0.359. The number of carbonyl (C=O) groups is 2. The van der Waals surface area contributed by atoms with Crippen LogP contribution in [0.5, 0.6) is 0 Å². The highest BCUT2D eigenvalue weighted by Crippen LogP contribution is 2.29. The molecule has 2 aromatic carbocycles. The number of cyclic esters (lactones) is 1. The average Bonchev–Trinajstić information content (AvgIpc) is 2.59. The van der Waals surface area contributed by atoms with E-state index >= 15 is 0 Å². The number of benzene rings is 2. The Hall–Kier alpha value is -2.33. The van der Waals surface area contributed by atoms with E-state index in [0.717, 1.165) is 11.1 Å². The maximum atomic E-state index is 12.8. The van der Waals surface area contributed by atoms with Crippen molar-refractivity contribution < 1.29 is 14.3 Å². The molecule has 0 spiro atoms. The summed E-state index contributed by atoms with van der Waals surface area (Å²) < 4.78 is 5.48. The van der Waals surface area contributed by atoms with Gasteiger partial charge >= 0.3 is 5.97 Å². The average molecular weight is 372 g/mol. The van der Waals surface area contributed by atoms with Crippen molar-refractivity contribution >= 4 is 23.5 Å². The lowest BCUT2D eigenvalue weighted by atomic mass is 9.84. The van der Waals surface area contributed by atoms with E-state index in [0.29, 0.717) is 23.6 Å². The van der Waals surface area contributed by atoms with Crippen LogP contribution in [-0.2, 0) is 21.4 Å². The Morgan fingerprint density at radius 3 is 2.69 bits per heavy atom. The molecule has 0 bridgehead atoms. The minimum absolute atomic E-state index is 0.296. The molecule has 0 fully saturated rings. The minimum atomic E-state index is -1.21. The van der Waals surface area contributed by atoms with Crippen LogP contribution in [0.4, 0.5) is 0 Å². The SMILES string of the molecule is CC1(C(=O)NCC(C)(C)c2cccc(Cl)c2)Cc2ccccc2C(=O)O1. The Morgan fingerprint density at radius 1 is 1.23 bits per heavy atom. The first-order valence-corrected chi connectivity index (χ1v) is 8.95. The third kappa shape index (κ3) is 3.61. The highest BCUT2D eigenvalue weighted by Gasteiger charge is 2.42. The summed E-state index contributed by atoms with van der Waals surface area (Å²) in [6.45, 7) is 6.12. The lowest BCUT2D eigenvalue weighted by Crippen LogP contribution is -2.53. The maximum Gasteiger partial charge on any atom is 0.339 e.